The third kappa shape index (κ3) is 2.96. The summed E-state index contributed by atoms with van der Waals surface area (Å²) in [5.74, 6) is 0.472. The number of hydrogen-bond acceptors (Lipinski definition) is 5. The molecule has 3 aromatic heterocycles. The van der Waals surface area contributed by atoms with E-state index in [-0.39, 0.29) is 5.91 Å². The molecule has 0 fully saturated rings. The number of nitrogens with two attached hydrogens (primary N) is 1. The molecule has 3 N–H and O–H groups in total. The molecule has 1 amide bonds. The van der Waals surface area contributed by atoms with Crippen molar-refractivity contribution in [3.05, 3.63) is 36.7 Å². The summed E-state index contributed by atoms with van der Waals surface area (Å²) in [5, 5.41) is 13.4. The van der Waals surface area contributed by atoms with Crippen LogP contribution >= 0.6 is 0 Å². The van der Waals surface area contributed by atoms with Gasteiger partial charge in [-0.2, -0.15) is 10.2 Å². The van der Waals surface area contributed by atoms with Crippen molar-refractivity contribution in [1.82, 2.24) is 29.9 Å². The zero-order valence-electron chi connectivity index (χ0n) is 16.4. The quantitative estimate of drug-likeness (QED) is 0.569. The van der Waals surface area contributed by atoms with Crippen molar-refractivity contribution in [1.29, 1.82) is 0 Å². The Morgan fingerprint density at radius 3 is 2.71 bits per heavy atom. The Morgan fingerprint density at radius 2 is 2.04 bits per heavy atom. The van der Waals surface area contributed by atoms with Crippen molar-refractivity contribution < 1.29 is 4.79 Å². The van der Waals surface area contributed by atoms with Gasteiger partial charge in [0.2, 0.25) is 5.91 Å². The van der Waals surface area contributed by atoms with Gasteiger partial charge >= 0.3 is 0 Å². The second-order valence-electron chi connectivity index (χ2n) is 7.87. The van der Waals surface area contributed by atoms with Gasteiger partial charge in [0.25, 0.3) is 0 Å². The van der Waals surface area contributed by atoms with Gasteiger partial charge < -0.3 is 10.6 Å². The molecule has 0 spiro atoms. The van der Waals surface area contributed by atoms with Gasteiger partial charge in [0, 0.05) is 37.4 Å². The lowest BCUT2D eigenvalue weighted by Crippen LogP contribution is -2.39. The molecule has 28 heavy (non-hydrogen) atoms. The zero-order chi connectivity index (χ0) is 20.1. The van der Waals surface area contributed by atoms with E-state index in [9.17, 15) is 4.79 Å². The number of aromatic nitrogens is 5. The Labute approximate surface area is 162 Å². The Balaban J connectivity index is 1.79. The summed E-state index contributed by atoms with van der Waals surface area (Å²) in [6.07, 6.45) is 3.58. The van der Waals surface area contributed by atoms with Crippen LogP contribution in [0.4, 0.5) is 5.82 Å². The summed E-state index contributed by atoms with van der Waals surface area (Å²) >= 11 is 0. The molecule has 0 aliphatic heterocycles. The van der Waals surface area contributed by atoms with Gasteiger partial charge in [-0.25, -0.2) is 4.98 Å². The SMILES string of the molecule is CN(C)C(=O)C(C)(C)Cn1cc2c(N)nc3cc(-c4ccn[nH]4)ccc3c2n1. The number of anilines is 1. The van der Waals surface area contributed by atoms with Gasteiger partial charge in [-0.15, -0.1) is 0 Å². The highest BCUT2D eigenvalue weighted by atomic mass is 16.2. The fraction of sp³-hybridized carbons (Fsp3) is 0.300. The number of nitrogen functional groups attached to an aromatic ring is 1. The highest BCUT2D eigenvalue weighted by molar-refractivity contribution is 6.08. The first-order valence-electron chi connectivity index (χ1n) is 9.04. The van der Waals surface area contributed by atoms with Crippen LogP contribution in [-0.2, 0) is 11.3 Å². The fourth-order valence-corrected chi connectivity index (χ4v) is 3.57. The lowest BCUT2D eigenvalue weighted by atomic mass is 9.92. The minimum atomic E-state index is -0.586. The van der Waals surface area contributed by atoms with Crippen molar-refractivity contribution in [2.24, 2.45) is 5.41 Å². The van der Waals surface area contributed by atoms with E-state index in [1.807, 2.05) is 44.3 Å². The number of rotatable bonds is 4. The molecular weight excluding hydrogens is 354 g/mol. The summed E-state index contributed by atoms with van der Waals surface area (Å²) in [7, 11) is 3.52. The molecule has 0 aliphatic rings. The van der Waals surface area contributed by atoms with E-state index < -0.39 is 5.41 Å². The van der Waals surface area contributed by atoms with Crippen LogP contribution in [-0.4, -0.2) is 49.9 Å². The number of hydrogen-bond donors (Lipinski definition) is 2. The largest absolute Gasteiger partial charge is 0.383 e. The maximum absolute atomic E-state index is 12.5. The normalized spacial score (nSPS) is 12.0. The standard InChI is InChI=1S/C20H23N7O/c1-20(2,19(28)26(3)4)11-27-10-14-17(25-27)13-6-5-12(15-7-8-22-24-15)9-16(13)23-18(14)21/h5-10H,11H2,1-4H3,(H2,21,23)(H,22,24). The van der Waals surface area contributed by atoms with Crippen molar-refractivity contribution in [3.63, 3.8) is 0 Å². The molecule has 0 saturated carbocycles. The van der Waals surface area contributed by atoms with E-state index in [4.69, 9.17) is 10.8 Å². The Bertz CT molecular complexity index is 1170. The van der Waals surface area contributed by atoms with Gasteiger partial charge in [0.15, 0.2) is 0 Å². The zero-order valence-corrected chi connectivity index (χ0v) is 16.4. The smallest absolute Gasteiger partial charge is 0.229 e. The molecule has 8 nitrogen and oxygen atoms in total. The number of carbonyl (C=O) groups excluding carboxylic acids is 1. The number of nitrogens with zero attached hydrogens (tertiary/aromatic N) is 5. The number of fused-ring (bicyclic) bond motifs is 3. The summed E-state index contributed by atoms with van der Waals surface area (Å²) in [6.45, 7) is 4.28. The van der Waals surface area contributed by atoms with Gasteiger partial charge in [-0.1, -0.05) is 6.07 Å². The number of nitrogens with one attached hydrogen (secondary N) is 1. The van der Waals surface area contributed by atoms with Crippen molar-refractivity contribution in [2.75, 3.05) is 19.8 Å². The van der Waals surface area contributed by atoms with Crippen molar-refractivity contribution >= 4 is 33.5 Å². The van der Waals surface area contributed by atoms with Crippen LogP contribution < -0.4 is 5.73 Å². The molecule has 3 heterocycles. The number of benzene rings is 1. The number of carbonyl (C=O) groups is 1. The van der Waals surface area contributed by atoms with Crippen LogP contribution in [0.5, 0.6) is 0 Å². The Morgan fingerprint density at radius 1 is 1.25 bits per heavy atom. The average molecular weight is 377 g/mol. The van der Waals surface area contributed by atoms with Gasteiger partial charge in [-0.3, -0.25) is 14.6 Å². The summed E-state index contributed by atoms with van der Waals surface area (Å²) in [4.78, 5) is 18.6. The summed E-state index contributed by atoms with van der Waals surface area (Å²) in [5.41, 5.74) is 9.08. The average Bonchev–Trinajstić information content (AvgIpc) is 3.30. The van der Waals surface area contributed by atoms with Crippen LogP contribution in [0.25, 0.3) is 33.1 Å². The topological polar surface area (TPSA) is 106 Å². The maximum atomic E-state index is 12.5. The van der Waals surface area contributed by atoms with Crippen LogP contribution in [0.3, 0.4) is 0 Å². The number of aromatic amines is 1. The minimum Gasteiger partial charge on any atom is -0.383 e. The molecule has 0 radical (unpaired) electrons. The molecule has 4 rings (SSSR count). The molecule has 0 saturated heterocycles. The van der Waals surface area contributed by atoms with E-state index >= 15 is 0 Å². The molecule has 144 valence electrons. The molecular formula is C20H23N7O. The monoisotopic (exact) mass is 377 g/mol. The first-order chi connectivity index (χ1) is 13.3. The number of amides is 1. The lowest BCUT2D eigenvalue weighted by Gasteiger charge is -2.26. The minimum absolute atomic E-state index is 0.0483. The molecule has 1 aromatic carbocycles. The van der Waals surface area contributed by atoms with E-state index in [2.05, 4.69) is 15.2 Å². The second-order valence-corrected chi connectivity index (χ2v) is 7.87. The first kappa shape index (κ1) is 18.0. The van der Waals surface area contributed by atoms with Gasteiger partial charge in [0.1, 0.15) is 11.3 Å². The third-order valence-corrected chi connectivity index (χ3v) is 4.89. The molecule has 0 aliphatic carbocycles. The Hall–Kier alpha value is -3.42. The van der Waals surface area contributed by atoms with Crippen LogP contribution in [0.1, 0.15) is 13.8 Å². The number of H-pyrrole nitrogens is 1. The van der Waals surface area contributed by atoms with E-state index in [0.717, 1.165) is 33.1 Å². The van der Waals surface area contributed by atoms with E-state index in [0.29, 0.717) is 12.4 Å². The predicted octanol–water partition coefficient (Wildman–Crippen LogP) is 2.67. The van der Waals surface area contributed by atoms with Gasteiger partial charge in [0.05, 0.1) is 28.6 Å². The molecule has 0 atom stereocenters. The van der Waals surface area contributed by atoms with E-state index in [1.54, 1.807) is 29.9 Å². The molecule has 0 bridgehead atoms. The van der Waals surface area contributed by atoms with Crippen LogP contribution in [0.2, 0.25) is 0 Å². The first-order valence-corrected chi connectivity index (χ1v) is 9.04. The predicted molar refractivity (Wildman–Crippen MR) is 110 cm³/mol. The van der Waals surface area contributed by atoms with Crippen LogP contribution in [0.15, 0.2) is 36.7 Å². The van der Waals surface area contributed by atoms with Crippen molar-refractivity contribution in [3.8, 4) is 11.3 Å². The van der Waals surface area contributed by atoms with Crippen LogP contribution in [0, 0.1) is 5.41 Å². The maximum Gasteiger partial charge on any atom is 0.229 e. The van der Waals surface area contributed by atoms with Crippen molar-refractivity contribution in [2.45, 2.75) is 20.4 Å². The summed E-state index contributed by atoms with van der Waals surface area (Å²) in [6, 6.07) is 7.87. The molecule has 8 heteroatoms. The Kier molecular flexibility index (Phi) is 4.06. The van der Waals surface area contributed by atoms with Gasteiger partial charge in [-0.05, 0) is 32.0 Å². The highest BCUT2D eigenvalue weighted by Gasteiger charge is 2.30. The second kappa shape index (κ2) is 6.33. The van der Waals surface area contributed by atoms with E-state index in [1.165, 1.54) is 0 Å². The lowest BCUT2D eigenvalue weighted by molar-refractivity contribution is -0.138. The third-order valence-electron chi connectivity index (χ3n) is 4.89. The highest BCUT2D eigenvalue weighted by Crippen LogP contribution is 2.31. The summed E-state index contributed by atoms with van der Waals surface area (Å²) < 4.78 is 1.78. The number of pyridine rings is 1. The molecule has 0 unspecified atom stereocenters. The fourth-order valence-electron chi connectivity index (χ4n) is 3.57. The molecule has 4 aromatic rings.